The van der Waals surface area contributed by atoms with Crippen molar-refractivity contribution in [3.8, 4) is 0 Å². The summed E-state index contributed by atoms with van der Waals surface area (Å²) in [4.78, 5) is 27.5. The molecule has 0 amide bonds. The molecule has 5 heteroatoms. The van der Waals surface area contributed by atoms with Crippen LogP contribution in [0.3, 0.4) is 0 Å². The Bertz CT molecular complexity index is 1110. The average Bonchev–Trinajstić information content (AvgIpc) is 3.19. The number of nitrogens with zero attached hydrogens (tertiary/aromatic N) is 2. The molecule has 3 aromatic rings. The fraction of sp³-hybridized carbons (Fsp3) is 0.185. The van der Waals surface area contributed by atoms with E-state index in [0.717, 1.165) is 30.0 Å². The Morgan fingerprint density at radius 2 is 1.34 bits per heavy atom. The Labute approximate surface area is 188 Å². The Kier molecular flexibility index (Phi) is 6.19. The summed E-state index contributed by atoms with van der Waals surface area (Å²) in [5, 5.41) is 7.49. The lowest BCUT2D eigenvalue weighted by Gasteiger charge is -2.33. The molecule has 0 bridgehead atoms. The van der Waals surface area contributed by atoms with Crippen molar-refractivity contribution in [1.29, 1.82) is 0 Å². The summed E-state index contributed by atoms with van der Waals surface area (Å²) in [6.07, 6.45) is 0. The summed E-state index contributed by atoms with van der Waals surface area (Å²) >= 11 is 0. The highest BCUT2D eigenvalue weighted by Crippen LogP contribution is 2.40. The maximum absolute atomic E-state index is 13.7. The van der Waals surface area contributed by atoms with Crippen molar-refractivity contribution in [3.63, 3.8) is 0 Å². The number of anilines is 2. The Balaban J connectivity index is 1.96. The van der Waals surface area contributed by atoms with E-state index in [1.807, 2.05) is 60.5 Å². The second-order valence-electron chi connectivity index (χ2n) is 7.71. The molecule has 0 atom stereocenters. The second-order valence-corrected chi connectivity index (χ2v) is 7.71. The van der Waals surface area contributed by atoms with Crippen LogP contribution < -0.4 is 10.3 Å². The smallest absolute Gasteiger partial charge is 0.200 e. The molecule has 0 unspecified atom stereocenters. The number of rotatable bonds is 7. The molecule has 162 valence electrons. The first-order valence-corrected chi connectivity index (χ1v) is 10.9. The first-order valence-electron chi connectivity index (χ1n) is 10.9. The molecule has 0 radical (unpaired) electrons. The molecule has 0 aliphatic carbocycles. The first-order chi connectivity index (χ1) is 15.5. The maximum Gasteiger partial charge on any atom is 0.200 e. The molecule has 3 aromatic carbocycles. The summed E-state index contributed by atoms with van der Waals surface area (Å²) < 4.78 is 0. The number of aryl methyl sites for hydroxylation is 1. The lowest BCUT2D eigenvalue weighted by molar-refractivity contribution is 0.0959. The van der Waals surface area contributed by atoms with E-state index in [-0.39, 0.29) is 17.1 Å². The fourth-order valence-electron chi connectivity index (χ4n) is 3.98. The van der Waals surface area contributed by atoms with E-state index in [2.05, 4.69) is 30.2 Å². The van der Waals surface area contributed by atoms with Gasteiger partial charge in [-0.05, 0) is 24.6 Å². The van der Waals surface area contributed by atoms with Crippen molar-refractivity contribution in [1.82, 2.24) is 5.01 Å². The van der Waals surface area contributed by atoms with Gasteiger partial charge in [-0.15, -0.1) is 0 Å². The van der Waals surface area contributed by atoms with Gasteiger partial charge < -0.3 is 5.32 Å². The number of allylic oxidation sites excluding steroid dienone is 1. The van der Waals surface area contributed by atoms with Gasteiger partial charge in [0.2, 0.25) is 11.6 Å². The van der Waals surface area contributed by atoms with Gasteiger partial charge in [0, 0.05) is 24.2 Å². The lowest BCUT2D eigenvalue weighted by atomic mass is 9.95. The molecule has 1 N–H and O–H groups in total. The summed E-state index contributed by atoms with van der Waals surface area (Å²) in [5.41, 5.74) is 4.00. The van der Waals surface area contributed by atoms with Crippen LogP contribution in [-0.4, -0.2) is 29.7 Å². The number of carbonyl (C=O) groups is 2. The standard InChI is InChI=1S/C27H27N3O2/c1-4-29(5-2)30-23-18-19(3)16-17-22(23)28-27(30)24(25(31)20-12-8-6-9-13-20)26(32)21-14-10-7-11-15-21/h6-18,28H,4-5H2,1-3H3. The zero-order chi connectivity index (χ0) is 22.7. The quantitative estimate of drug-likeness (QED) is 0.236. The van der Waals surface area contributed by atoms with Gasteiger partial charge in [-0.25, -0.2) is 5.01 Å². The van der Waals surface area contributed by atoms with Crippen LogP contribution in [0.5, 0.6) is 0 Å². The zero-order valence-electron chi connectivity index (χ0n) is 18.6. The molecule has 0 saturated heterocycles. The summed E-state index contributed by atoms with van der Waals surface area (Å²) in [5.74, 6) is -0.107. The molecule has 4 rings (SSSR count). The molecule has 0 saturated carbocycles. The van der Waals surface area contributed by atoms with Crippen LogP contribution in [0.25, 0.3) is 0 Å². The number of hydrazine groups is 1. The Morgan fingerprint density at radius 1 is 0.812 bits per heavy atom. The van der Waals surface area contributed by atoms with Crippen LogP contribution in [0, 0.1) is 6.92 Å². The van der Waals surface area contributed by atoms with Crippen LogP contribution in [-0.2, 0) is 0 Å². The van der Waals surface area contributed by atoms with E-state index in [4.69, 9.17) is 0 Å². The Hall–Kier alpha value is -3.70. The van der Waals surface area contributed by atoms with E-state index >= 15 is 0 Å². The maximum atomic E-state index is 13.7. The number of Topliss-reactive ketones (excluding diaryl/α,β-unsaturated/α-hetero) is 2. The second kappa shape index (κ2) is 9.20. The third-order valence-corrected chi connectivity index (χ3v) is 5.62. The topological polar surface area (TPSA) is 52.7 Å². The minimum atomic E-state index is -0.302. The Morgan fingerprint density at radius 3 is 1.84 bits per heavy atom. The molecule has 0 spiro atoms. The number of carbonyl (C=O) groups excluding carboxylic acids is 2. The molecular weight excluding hydrogens is 398 g/mol. The van der Waals surface area contributed by atoms with Crippen LogP contribution >= 0.6 is 0 Å². The van der Waals surface area contributed by atoms with Crippen LogP contribution in [0.2, 0.25) is 0 Å². The van der Waals surface area contributed by atoms with Gasteiger partial charge >= 0.3 is 0 Å². The van der Waals surface area contributed by atoms with E-state index in [0.29, 0.717) is 16.9 Å². The molecule has 1 heterocycles. The molecule has 1 aliphatic rings. The van der Waals surface area contributed by atoms with Gasteiger partial charge in [-0.3, -0.25) is 14.6 Å². The largest absolute Gasteiger partial charge is 0.338 e. The van der Waals surface area contributed by atoms with Crippen molar-refractivity contribution in [3.05, 3.63) is 107 Å². The third-order valence-electron chi connectivity index (χ3n) is 5.62. The van der Waals surface area contributed by atoms with E-state index in [1.54, 1.807) is 24.3 Å². The number of hydrogen-bond donors (Lipinski definition) is 1. The first kappa shape index (κ1) is 21.5. The van der Waals surface area contributed by atoms with E-state index in [9.17, 15) is 9.59 Å². The normalized spacial score (nSPS) is 12.5. The van der Waals surface area contributed by atoms with Gasteiger partial charge in [-0.2, -0.15) is 0 Å². The fourth-order valence-corrected chi connectivity index (χ4v) is 3.98. The van der Waals surface area contributed by atoms with E-state index < -0.39 is 0 Å². The SMILES string of the molecule is CCN(CC)N1C(=C(C(=O)c2ccccc2)C(=O)c2ccccc2)Nc2ccc(C)cc21. The zero-order valence-corrected chi connectivity index (χ0v) is 18.6. The molecule has 0 aromatic heterocycles. The highest BCUT2D eigenvalue weighted by molar-refractivity contribution is 6.32. The predicted molar refractivity (Wildman–Crippen MR) is 129 cm³/mol. The highest BCUT2D eigenvalue weighted by atomic mass is 16.1. The van der Waals surface area contributed by atoms with Gasteiger partial charge in [0.15, 0.2) is 0 Å². The summed E-state index contributed by atoms with van der Waals surface area (Å²) in [7, 11) is 0. The number of benzene rings is 3. The third kappa shape index (κ3) is 3.95. The van der Waals surface area contributed by atoms with Gasteiger partial charge in [0.05, 0.1) is 11.4 Å². The molecule has 32 heavy (non-hydrogen) atoms. The van der Waals surface area contributed by atoms with Gasteiger partial charge in [-0.1, -0.05) is 80.6 Å². The predicted octanol–water partition coefficient (Wildman–Crippen LogP) is 5.46. The summed E-state index contributed by atoms with van der Waals surface area (Å²) in [6, 6.07) is 24.0. The van der Waals surface area contributed by atoms with Crippen LogP contribution in [0.15, 0.2) is 90.3 Å². The minimum Gasteiger partial charge on any atom is -0.338 e. The van der Waals surface area contributed by atoms with Crippen molar-refractivity contribution >= 4 is 22.9 Å². The molecule has 0 fully saturated rings. The van der Waals surface area contributed by atoms with Gasteiger partial charge in [0.25, 0.3) is 0 Å². The van der Waals surface area contributed by atoms with Crippen LogP contribution in [0.4, 0.5) is 11.4 Å². The number of ketones is 2. The average molecular weight is 426 g/mol. The van der Waals surface area contributed by atoms with Crippen molar-refractivity contribution in [2.45, 2.75) is 20.8 Å². The van der Waals surface area contributed by atoms with Crippen molar-refractivity contribution in [2.75, 3.05) is 23.4 Å². The highest BCUT2D eigenvalue weighted by Gasteiger charge is 2.35. The van der Waals surface area contributed by atoms with E-state index in [1.165, 1.54) is 0 Å². The number of hydrogen-bond acceptors (Lipinski definition) is 5. The van der Waals surface area contributed by atoms with Gasteiger partial charge in [0.1, 0.15) is 11.4 Å². The minimum absolute atomic E-state index is 0.128. The van der Waals surface area contributed by atoms with Crippen LogP contribution in [0.1, 0.15) is 40.1 Å². The summed E-state index contributed by atoms with van der Waals surface area (Å²) in [6.45, 7) is 7.61. The monoisotopic (exact) mass is 425 g/mol. The lowest BCUT2D eigenvalue weighted by Crippen LogP contribution is -2.42. The molecule has 5 nitrogen and oxygen atoms in total. The van der Waals surface area contributed by atoms with Crippen molar-refractivity contribution < 1.29 is 9.59 Å². The molecule has 1 aliphatic heterocycles. The number of nitrogens with one attached hydrogen (secondary N) is 1. The van der Waals surface area contributed by atoms with Crippen molar-refractivity contribution in [2.24, 2.45) is 0 Å². The molecular formula is C27H27N3O2. The number of fused-ring (bicyclic) bond motifs is 1.